The van der Waals surface area contributed by atoms with Gasteiger partial charge in [-0.05, 0) is 49.4 Å². The lowest BCUT2D eigenvalue weighted by Crippen LogP contribution is -2.23. The molecule has 2 rings (SSSR count). The monoisotopic (exact) mass is 248 g/mol. The van der Waals surface area contributed by atoms with E-state index in [1.807, 2.05) is 6.92 Å². The summed E-state index contributed by atoms with van der Waals surface area (Å²) in [4.78, 5) is 12.5. The third-order valence-corrected chi connectivity index (χ3v) is 4.18. The number of hydrogen-bond donors (Lipinski definition) is 0. The maximum Gasteiger partial charge on any atom is 0.166 e. The third-order valence-electron chi connectivity index (χ3n) is 4.18. The molecule has 0 aromatic heterocycles. The molecule has 1 aliphatic carbocycles. The summed E-state index contributed by atoms with van der Waals surface area (Å²) >= 11 is 0. The summed E-state index contributed by atoms with van der Waals surface area (Å²) in [5.74, 6) is 0.783. The number of carbonyl (C=O) groups is 1. The van der Waals surface area contributed by atoms with Gasteiger partial charge in [-0.1, -0.05) is 26.2 Å². The number of hydrogen-bond acceptors (Lipinski definition) is 1. The zero-order valence-corrected chi connectivity index (χ0v) is 11.2. The maximum absolute atomic E-state index is 13.1. The lowest BCUT2D eigenvalue weighted by atomic mass is 9.76. The lowest BCUT2D eigenvalue weighted by molar-refractivity contribution is 0.0861. The van der Waals surface area contributed by atoms with Crippen molar-refractivity contribution >= 4 is 5.78 Å². The zero-order chi connectivity index (χ0) is 13.1. The smallest absolute Gasteiger partial charge is 0.166 e. The van der Waals surface area contributed by atoms with Gasteiger partial charge in [0.2, 0.25) is 0 Å². The Hall–Kier alpha value is -1.18. The quantitative estimate of drug-likeness (QED) is 0.718. The summed E-state index contributed by atoms with van der Waals surface area (Å²) in [6, 6.07) is 4.48. The fourth-order valence-corrected chi connectivity index (χ4v) is 3.02. The minimum absolute atomic E-state index is 0.146. The average molecular weight is 248 g/mol. The lowest BCUT2D eigenvalue weighted by Gasteiger charge is -2.27. The van der Waals surface area contributed by atoms with E-state index in [2.05, 4.69) is 6.92 Å². The van der Waals surface area contributed by atoms with Gasteiger partial charge < -0.3 is 0 Å². The van der Waals surface area contributed by atoms with Gasteiger partial charge in [-0.2, -0.15) is 0 Å². The van der Waals surface area contributed by atoms with Crippen molar-refractivity contribution in [3.05, 3.63) is 35.1 Å². The SMILES string of the molecule is CCC1CCCC(C(=O)c2ccc(F)cc2C)C1. The predicted molar refractivity (Wildman–Crippen MR) is 71.2 cm³/mol. The van der Waals surface area contributed by atoms with E-state index in [0.29, 0.717) is 11.5 Å². The Kier molecular flexibility index (Phi) is 4.15. The van der Waals surface area contributed by atoms with Gasteiger partial charge in [0, 0.05) is 11.5 Å². The number of ketones is 1. The first-order valence-corrected chi connectivity index (χ1v) is 6.92. The first-order valence-electron chi connectivity index (χ1n) is 6.92. The summed E-state index contributed by atoms with van der Waals surface area (Å²) < 4.78 is 13.1. The van der Waals surface area contributed by atoms with Crippen LogP contribution in [0.25, 0.3) is 0 Å². The van der Waals surface area contributed by atoms with Crippen molar-refractivity contribution in [2.24, 2.45) is 11.8 Å². The topological polar surface area (TPSA) is 17.1 Å². The molecule has 1 nitrogen and oxygen atoms in total. The molecule has 0 amide bonds. The molecule has 0 N–H and O–H groups in total. The van der Waals surface area contributed by atoms with E-state index in [4.69, 9.17) is 0 Å². The van der Waals surface area contributed by atoms with Crippen LogP contribution in [-0.2, 0) is 0 Å². The van der Waals surface area contributed by atoms with Crippen LogP contribution in [0.3, 0.4) is 0 Å². The Bertz CT molecular complexity index is 439. The van der Waals surface area contributed by atoms with Crippen molar-refractivity contribution in [1.82, 2.24) is 0 Å². The van der Waals surface area contributed by atoms with Gasteiger partial charge in [0.15, 0.2) is 5.78 Å². The van der Waals surface area contributed by atoms with Crippen LogP contribution in [0.2, 0.25) is 0 Å². The summed E-state index contributed by atoms with van der Waals surface area (Å²) in [5.41, 5.74) is 1.47. The number of Topliss-reactive ketones (excluding diaryl/α,β-unsaturated/α-hetero) is 1. The maximum atomic E-state index is 13.1. The molecule has 1 saturated carbocycles. The van der Waals surface area contributed by atoms with Gasteiger partial charge in [0.1, 0.15) is 5.82 Å². The standard InChI is InChI=1S/C16H21FO/c1-3-12-5-4-6-13(10-12)16(18)15-8-7-14(17)9-11(15)2/h7-9,12-13H,3-6,10H2,1-2H3. The molecule has 98 valence electrons. The fourth-order valence-electron chi connectivity index (χ4n) is 3.02. The molecule has 1 aliphatic rings. The van der Waals surface area contributed by atoms with Crippen molar-refractivity contribution < 1.29 is 9.18 Å². The van der Waals surface area contributed by atoms with Crippen LogP contribution >= 0.6 is 0 Å². The molecule has 1 aromatic rings. The molecule has 1 aromatic carbocycles. The molecule has 1 fully saturated rings. The normalized spacial score (nSPS) is 23.9. The molecule has 0 saturated heterocycles. The minimum Gasteiger partial charge on any atom is -0.294 e. The molecule has 0 radical (unpaired) electrons. The van der Waals surface area contributed by atoms with E-state index in [-0.39, 0.29) is 17.5 Å². The Morgan fingerprint density at radius 2 is 2.17 bits per heavy atom. The number of rotatable bonds is 3. The van der Waals surface area contributed by atoms with Gasteiger partial charge in [0.25, 0.3) is 0 Å². The van der Waals surface area contributed by atoms with Crippen molar-refractivity contribution in [2.45, 2.75) is 46.0 Å². The number of aryl methyl sites for hydroxylation is 1. The highest BCUT2D eigenvalue weighted by atomic mass is 19.1. The van der Waals surface area contributed by atoms with Crippen molar-refractivity contribution in [1.29, 1.82) is 0 Å². The highest BCUT2D eigenvalue weighted by molar-refractivity contribution is 5.99. The molecule has 0 heterocycles. The van der Waals surface area contributed by atoms with Gasteiger partial charge in [-0.3, -0.25) is 4.79 Å². The molecule has 18 heavy (non-hydrogen) atoms. The first kappa shape index (κ1) is 13.3. The largest absolute Gasteiger partial charge is 0.294 e. The second-order valence-electron chi connectivity index (χ2n) is 5.46. The molecule has 0 spiro atoms. The molecular weight excluding hydrogens is 227 g/mol. The van der Waals surface area contributed by atoms with Crippen LogP contribution in [0, 0.1) is 24.6 Å². The average Bonchev–Trinajstić information content (AvgIpc) is 2.38. The Morgan fingerprint density at radius 3 is 2.83 bits per heavy atom. The summed E-state index contributed by atoms with van der Waals surface area (Å²) in [6.45, 7) is 4.01. The van der Waals surface area contributed by atoms with E-state index in [1.165, 1.54) is 18.6 Å². The highest BCUT2D eigenvalue weighted by Gasteiger charge is 2.27. The van der Waals surface area contributed by atoms with E-state index < -0.39 is 0 Å². The Morgan fingerprint density at radius 1 is 1.39 bits per heavy atom. The molecule has 2 unspecified atom stereocenters. The van der Waals surface area contributed by atoms with Gasteiger partial charge in [0.05, 0.1) is 0 Å². The van der Waals surface area contributed by atoms with Crippen molar-refractivity contribution in [3.63, 3.8) is 0 Å². The van der Waals surface area contributed by atoms with Crippen LogP contribution in [0.5, 0.6) is 0 Å². The van der Waals surface area contributed by atoms with Crippen LogP contribution < -0.4 is 0 Å². The number of halogens is 1. The van der Waals surface area contributed by atoms with Crippen LogP contribution in [0.4, 0.5) is 4.39 Å². The van der Waals surface area contributed by atoms with Crippen molar-refractivity contribution in [2.75, 3.05) is 0 Å². The second-order valence-corrected chi connectivity index (χ2v) is 5.46. The van der Waals surface area contributed by atoms with E-state index in [9.17, 15) is 9.18 Å². The van der Waals surface area contributed by atoms with E-state index >= 15 is 0 Å². The molecule has 0 aliphatic heterocycles. The van der Waals surface area contributed by atoms with Gasteiger partial charge in [-0.15, -0.1) is 0 Å². The second kappa shape index (κ2) is 5.64. The molecular formula is C16H21FO. The third kappa shape index (κ3) is 2.80. The fraction of sp³-hybridized carbons (Fsp3) is 0.562. The number of carbonyl (C=O) groups excluding carboxylic acids is 1. The Labute approximate surface area is 108 Å². The molecule has 2 heteroatoms. The summed E-state index contributed by atoms with van der Waals surface area (Å²) in [5, 5.41) is 0. The minimum atomic E-state index is -0.265. The van der Waals surface area contributed by atoms with Crippen molar-refractivity contribution in [3.8, 4) is 0 Å². The van der Waals surface area contributed by atoms with E-state index in [0.717, 1.165) is 31.2 Å². The molecule has 2 atom stereocenters. The Balaban J connectivity index is 2.15. The van der Waals surface area contributed by atoms with E-state index in [1.54, 1.807) is 6.07 Å². The number of benzene rings is 1. The molecule has 0 bridgehead atoms. The highest BCUT2D eigenvalue weighted by Crippen LogP contribution is 2.33. The van der Waals surface area contributed by atoms with Gasteiger partial charge in [-0.25, -0.2) is 4.39 Å². The summed E-state index contributed by atoms with van der Waals surface area (Å²) in [6.07, 6.45) is 5.56. The predicted octanol–water partition coefficient (Wildman–Crippen LogP) is 4.53. The van der Waals surface area contributed by atoms with Crippen LogP contribution in [-0.4, -0.2) is 5.78 Å². The first-order chi connectivity index (χ1) is 8.61. The zero-order valence-electron chi connectivity index (χ0n) is 11.2. The van der Waals surface area contributed by atoms with Crippen LogP contribution in [0.15, 0.2) is 18.2 Å². The summed E-state index contributed by atoms with van der Waals surface area (Å²) in [7, 11) is 0. The van der Waals surface area contributed by atoms with Crippen LogP contribution in [0.1, 0.15) is 54.9 Å². The van der Waals surface area contributed by atoms with Gasteiger partial charge >= 0.3 is 0 Å².